The van der Waals surface area contributed by atoms with Gasteiger partial charge in [-0.05, 0) is 24.4 Å². The molecular weight excluding hydrogens is 292 g/mol. The number of hydrogen-bond donors (Lipinski definition) is 0. The predicted molar refractivity (Wildman–Crippen MR) is 83.2 cm³/mol. The second-order valence-corrected chi connectivity index (χ2v) is 6.06. The molecular formula is C13H16N4OS2. The van der Waals surface area contributed by atoms with E-state index in [9.17, 15) is 0 Å². The fourth-order valence-corrected chi connectivity index (χ4v) is 2.67. The molecule has 2 aromatic heterocycles. The van der Waals surface area contributed by atoms with Crippen molar-refractivity contribution in [2.75, 3.05) is 25.5 Å². The Morgan fingerprint density at radius 3 is 2.90 bits per heavy atom. The highest BCUT2D eigenvalue weighted by Gasteiger charge is 2.11. The average molecular weight is 308 g/mol. The van der Waals surface area contributed by atoms with E-state index in [1.165, 1.54) is 11.3 Å². The van der Waals surface area contributed by atoms with E-state index in [0.29, 0.717) is 19.8 Å². The van der Waals surface area contributed by atoms with Crippen molar-refractivity contribution in [1.29, 1.82) is 0 Å². The lowest BCUT2D eigenvalue weighted by molar-refractivity contribution is 0.207. The van der Waals surface area contributed by atoms with Crippen molar-refractivity contribution in [3.63, 3.8) is 0 Å². The number of furan rings is 1. The molecule has 0 atom stereocenters. The zero-order valence-electron chi connectivity index (χ0n) is 11.4. The number of aromatic nitrogens is 2. The Morgan fingerprint density at radius 2 is 2.35 bits per heavy atom. The van der Waals surface area contributed by atoms with Crippen molar-refractivity contribution in [2.45, 2.75) is 13.2 Å². The van der Waals surface area contributed by atoms with Gasteiger partial charge in [0.05, 0.1) is 26.0 Å². The second kappa shape index (κ2) is 6.70. The van der Waals surface area contributed by atoms with Gasteiger partial charge in [0.1, 0.15) is 5.76 Å². The quantitative estimate of drug-likeness (QED) is 0.605. The Labute approximate surface area is 127 Å². The summed E-state index contributed by atoms with van der Waals surface area (Å²) in [6.45, 7) is 1.69. The SMILES string of the molecule is C#CCN(Cc1ccco1)Cn1nc(N(C)C)sc1=S. The van der Waals surface area contributed by atoms with Crippen molar-refractivity contribution in [2.24, 2.45) is 0 Å². The number of hydrogen-bond acceptors (Lipinski definition) is 6. The molecule has 0 saturated heterocycles. The van der Waals surface area contributed by atoms with E-state index in [1.54, 1.807) is 10.9 Å². The highest BCUT2D eigenvalue weighted by Crippen LogP contribution is 2.17. The van der Waals surface area contributed by atoms with Gasteiger partial charge in [-0.3, -0.25) is 4.90 Å². The van der Waals surface area contributed by atoms with Gasteiger partial charge in [-0.2, -0.15) is 0 Å². The van der Waals surface area contributed by atoms with E-state index in [2.05, 4.69) is 11.0 Å². The molecule has 2 heterocycles. The van der Waals surface area contributed by atoms with Gasteiger partial charge >= 0.3 is 0 Å². The van der Waals surface area contributed by atoms with Gasteiger partial charge in [-0.15, -0.1) is 11.5 Å². The lowest BCUT2D eigenvalue weighted by Crippen LogP contribution is -2.27. The van der Waals surface area contributed by atoms with E-state index in [4.69, 9.17) is 23.1 Å². The van der Waals surface area contributed by atoms with Gasteiger partial charge in [0, 0.05) is 14.1 Å². The summed E-state index contributed by atoms with van der Waals surface area (Å²) in [6.07, 6.45) is 7.07. The van der Waals surface area contributed by atoms with Crippen LogP contribution in [0.5, 0.6) is 0 Å². The van der Waals surface area contributed by atoms with E-state index in [0.717, 1.165) is 14.8 Å². The highest BCUT2D eigenvalue weighted by molar-refractivity contribution is 7.73. The molecule has 20 heavy (non-hydrogen) atoms. The Balaban J connectivity index is 2.12. The molecule has 5 nitrogen and oxygen atoms in total. The number of terminal acetylenes is 1. The molecule has 0 N–H and O–H groups in total. The first-order valence-corrected chi connectivity index (χ1v) is 7.26. The molecule has 0 saturated carbocycles. The predicted octanol–water partition coefficient (Wildman–Crippen LogP) is 2.43. The molecule has 0 unspecified atom stereocenters. The van der Waals surface area contributed by atoms with Gasteiger partial charge in [0.25, 0.3) is 0 Å². The summed E-state index contributed by atoms with van der Waals surface area (Å²) in [5, 5.41) is 5.36. The molecule has 106 valence electrons. The van der Waals surface area contributed by atoms with Crippen LogP contribution in [-0.4, -0.2) is 35.3 Å². The topological polar surface area (TPSA) is 37.4 Å². The van der Waals surface area contributed by atoms with Crippen LogP contribution in [0, 0.1) is 16.3 Å². The summed E-state index contributed by atoms with van der Waals surface area (Å²) in [4.78, 5) is 3.99. The maximum absolute atomic E-state index is 5.42. The third-order valence-corrected chi connectivity index (χ3v) is 4.06. The smallest absolute Gasteiger partial charge is 0.206 e. The van der Waals surface area contributed by atoms with Crippen molar-refractivity contribution in [1.82, 2.24) is 14.7 Å². The lowest BCUT2D eigenvalue weighted by atomic mass is 10.4. The zero-order valence-corrected chi connectivity index (χ0v) is 13.1. The molecule has 0 spiro atoms. The van der Waals surface area contributed by atoms with Crippen molar-refractivity contribution in [3.05, 3.63) is 28.1 Å². The average Bonchev–Trinajstić information content (AvgIpc) is 3.00. The van der Waals surface area contributed by atoms with Crippen LogP contribution >= 0.6 is 23.6 Å². The summed E-state index contributed by atoms with van der Waals surface area (Å²) in [5.74, 6) is 3.52. The molecule has 0 aliphatic rings. The normalized spacial score (nSPS) is 10.7. The fourth-order valence-electron chi connectivity index (χ4n) is 1.66. The molecule has 0 aliphatic heterocycles. The highest BCUT2D eigenvalue weighted by atomic mass is 32.1. The summed E-state index contributed by atoms with van der Waals surface area (Å²) < 4.78 is 7.87. The van der Waals surface area contributed by atoms with Gasteiger partial charge in [0.15, 0.2) is 3.95 Å². The van der Waals surface area contributed by atoms with Crippen molar-refractivity contribution >= 4 is 28.7 Å². The maximum Gasteiger partial charge on any atom is 0.206 e. The molecule has 0 amide bonds. The Morgan fingerprint density at radius 1 is 1.55 bits per heavy atom. The van der Waals surface area contributed by atoms with E-state index < -0.39 is 0 Å². The lowest BCUT2D eigenvalue weighted by Gasteiger charge is -2.18. The van der Waals surface area contributed by atoms with E-state index >= 15 is 0 Å². The summed E-state index contributed by atoms with van der Waals surface area (Å²) in [7, 11) is 3.89. The van der Waals surface area contributed by atoms with Gasteiger partial charge < -0.3 is 9.32 Å². The number of anilines is 1. The molecule has 0 aromatic carbocycles. The fraction of sp³-hybridized carbons (Fsp3) is 0.385. The van der Waals surface area contributed by atoms with Crippen LogP contribution in [0.1, 0.15) is 5.76 Å². The van der Waals surface area contributed by atoms with Gasteiger partial charge in [0.2, 0.25) is 5.13 Å². The first kappa shape index (κ1) is 14.8. The first-order chi connectivity index (χ1) is 9.60. The third kappa shape index (κ3) is 3.70. The molecule has 2 rings (SSSR count). The minimum atomic E-state index is 0.511. The third-order valence-electron chi connectivity index (χ3n) is 2.59. The van der Waals surface area contributed by atoms with Crippen LogP contribution in [0.25, 0.3) is 0 Å². The number of rotatable bonds is 6. The van der Waals surface area contributed by atoms with Crippen LogP contribution in [0.4, 0.5) is 5.13 Å². The Kier molecular flexibility index (Phi) is 4.95. The first-order valence-electron chi connectivity index (χ1n) is 6.03. The summed E-state index contributed by atoms with van der Waals surface area (Å²) >= 11 is 6.81. The second-order valence-electron chi connectivity index (χ2n) is 4.46. The van der Waals surface area contributed by atoms with Crippen LogP contribution in [0.2, 0.25) is 0 Å². The minimum Gasteiger partial charge on any atom is -0.468 e. The molecule has 2 aromatic rings. The van der Waals surface area contributed by atoms with Crippen molar-refractivity contribution in [3.8, 4) is 12.3 Å². The van der Waals surface area contributed by atoms with E-state index in [-0.39, 0.29) is 0 Å². The standard InChI is InChI=1S/C13H16N4OS2/c1-4-7-16(9-11-6-5-8-18-11)10-17-13(19)20-12(14-17)15(2)3/h1,5-6,8H,7,9-10H2,2-3H3. The largest absolute Gasteiger partial charge is 0.468 e. The Hall–Kier alpha value is -1.62. The van der Waals surface area contributed by atoms with Gasteiger partial charge in [-0.1, -0.05) is 17.3 Å². The Bertz CT molecular complexity index is 636. The van der Waals surface area contributed by atoms with Crippen molar-refractivity contribution < 1.29 is 4.42 Å². The summed E-state index contributed by atoms with van der Waals surface area (Å²) in [6, 6.07) is 3.79. The molecule has 0 fully saturated rings. The molecule has 0 radical (unpaired) electrons. The molecule has 0 bridgehead atoms. The van der Waals surface area contributed by atoms with Crippen LogP contribution in [-0.2, 0) is 13.2 Å². The van der Waals surface area contributed by atoms with Crippen LogP contribution in [0.15, 0.2) is 22.8 Å². The monoisotopic (exact) mass is 308 g/mol. The van der Waals surface area contributed by atoms with E-state index in [1.807, 2.05) is 36.0 Å². The zero-order chi connectivity index (χ0) is 14.5. The van der Waals surface area contributed by atoms with Crippen LogP contribution in [0.3, 0.4) is 0 Å². The number of nitrogens with zero attached hydrogens (tertiary/aromatic N) is 4. The summed E-state index contributed by atoms with van der Waals surface area (Å²) in [5.41, 5.74) is 0. The molecule has 0 aliphatic carbocycles. The van der Waals surface area contributed by atoms with Gasteiger partial charge in [-0.25, -0.2) is 4.68 Å². The molecule has 7 heteroatoms. The minimum absolute atomic E-state index is 0.511. The van der Waals surface area contributed by atoms with Crippen LogP contribution < -0.4 is 4.90 Å². The maximum atomic E-state index is 5.42.